The predicted molar refractivity (Wildman–Crippen MR) is 53.7 cm³/mol. The predicted octanol–water partition coefficient (Wildman–Crippen LogP) is 3.36. The standard InChI is InChI=1S/C11H19NO/c1-3-5-6-8-11-9-10(7-4-2)12-13-11/h9H,3-8H2,1-2H3. The Bertz CT molecular complexity index is 230. The van der Waals surface area contributed by atoms with Gasteiger partial charge in [-0.3, -0.25) is 0 Å². The second kappa shape index (κ2) is 5.79. The molecule has 0 bridgehead atoms. The summed E-state index contributed by atoms with van der Waals surface area (Å²) >= 11 is 0. The highest BCUT2D eigenvalue weighted by Gasteiger charge is 2.02. The number of hydrogen-bond donors (Lipinski definition) is 0. The lowest BCUT2D eigenvalue weighted by atomic mass is 10.1. The maximum Gasteiger partial charge on any atom is 0.137 e. The van der Waals surface area contributed by atoms with Gasteiger partial charge >= 0.3 is 0 Å². The summed E-state index contributed by atoms with van der Waals surface area (Å²) in [7, 11) is 0. The van der Waals surface area contributed by atoms with Gasteiger partial charge in [0.05, 0.1) is 5.69 Å². The zero-order valence-corrected chi connectivity index (χ0v) is 8.68. The number of aryl methyl sites for hydroxylation is 2. The topological polar surface area (TPSA) is 26.0 Å². The third kappa shape index (κ3) is 3.62. The molecule has 0 aliphatic heterocycles. The van der Waals surface area contributed by atoms with Crippen molar-refractivity contribution in [1.29, 1.82) is 0 Å². The third-order valence-electron chi connectivity index (χ3n) is 2.14. The Kier molecular flexibility index (Phi) is 4.58. The van der Waals surface area contributed by atoms with Crippen LogP contribution in [0.4, 0.5) is 0 Å². The molecule has 1 heterocycles. The van der Waals surface area contributed by atoms with Crippen LogP contribution in [0.1, 0.15) is 51.0 Å². The van der Waals surface area contributed by atoms with Gasteiger partial charge in [-0.2, -0.15) is 0 Å². The average Bonchev–Trinajstić information content (AvgIpc) is 2.54. The van der Waals surface area contributed by atoms with Crippen LogP contribution in [-0.2, 0) is 12.8 Å². The molecule has 0 aliphatic carbocycles. The molecule has 13 heavy (non-hydrogen) atoms. The van der Waals surface area contributed by atoms with Gasteiger partial charge in [0, 0.05) is 12.5 Å². The van der Waals surface area contributed by atoms with Crippen LogP contribution in [0.5, 0.6) is 0 Å². The maximum absolute atomic E-state index is 5.21. The van der Waals surface area contributed by atoms with Gasteiger partial charge in [0.15, 0.2) is 0 Å². The van der Waals surface area contributed by atoms with Crippen LogP contribution >= 0.6 is 0 Å². The van der Waals surface area contributed by atoms with Crippen molar-refractivity contribution < 1.29 is 4.52 Å². The highest BCUT2D eigenvalue weighted by Crippen LogP contribution is 2.09. The van der Waals surface area contributed by atoms with E-state index in [2.05, 4.69) is 25.1 Å². The smallest absolute Gasteiger partial charge is 0.137 e. The van der Waals surface area contributed by atoms with Crippen molar-refractivity contribution in [2.45, 2.75) is 52.4 Å². The molecule has 0 unspecified atom stereocenters. The fourth-order valence-electron chi connectivity index (χ4n) is 1.40. The molecule has 1 aromatic rings. The second-order valence-corrected chi connectivity index (χ2v) is 3.49. The van der Waals surface area contributed by atoms with Gasteiger partial charge in [0.1, 0.15) is 5.76 Å². The summed E-state index contributed by atoms with van der Waals surface area (Å²) in [6, 6.07) is 2.10. The summed E-state index contributed by atoms with van der Waals surface area (Å²) < 4.78 is 5.21. The van der Waals surface area contributed by atoms with E-state index in [1.165, 1.54) is 19.3 Å². The Morgan fingerprint density at radius 3 is 2.69 bits per heavy atom. The lowest BCUT2D eigenvalue weighted by Gasteiger charge is -1.92. The first-order valence-electron chi connectivity index (χ1n) is 5.31. The SMILES string of the molecule is CCCCCc1cc(CCC)no1. The van der Waals surface area contributed by atoms with E-state index in [1.54, 1.807) is 0 Å². The first kappa shape index (κ1) is 10.3. The van der Waals surface area contributed by atoms with E-state index >= 15 is 0 Å². The Labute approximate surface area is 80.3 Å². The van der Waals surface area contributed by atoms with E-state index in [9.17, 15) is 0 Å². The number of aromatic nitrogens is 1. The molecule has 0 N–H and O–H groups in total. The molecular weight excluding hydrogens is 162 g/mol. The Morgan fingerprint density at radius 1 is 1.15 bits per heavy atom. The molecule has 0 saturated carbocycles. The van der Waals surface area contributed by atoms with Crippen LogP contribution in [0.3, 0.4) is 0 Å². The van der Waals surface area contributed by atoms with Crippen molar-refractivity contribution in [2.24, 2.45) is 0 Å². The average molecular weight is 181 g/mol. The van der Waals surface area contributed by atoms with Crippen LogP contribution < -0.4 is 0 Å². The van der Waals surface area contributed by atoms with Gasteiger partial charge in [-0.15, -0.1) is 0 Å². The zero-order chi connectivity index (χ0) is 9.52. The fourth-order valence-corrected chi connectivity index (χ4v) is 1.40. The minimum Gasteiger partial charge on any atom is -0.361 e. The minimum absolute atomic E-state index is 1.04. The molecular formula is C11H19NO. The van der Waals surface area contributed by atoms with E-state index in [1.807, 2.05) is 0 Å². The highest BCUT2D eigenvalue weighted by atomic mass is 16.5. The van der Waals surface area contributed by atoms with Crippen LogP contribution in [0.15, 0.2) is 10.6 Å². The van der Waals surface area contributed by atoms with E-state index in [-0.39, 0.29) is 0 Å². The molecule has 1 aromatic heterocycles. The molecule has 0 aromatic carbocycles. The number of unbranched alkanes of at least 4 members (excludes halogenated alkanes) is 2. The number of hydrogen-bond acceptors (Lipinski definition) is 2. The van der Waals surface area contributed by atoms with E-state index in [0.717, 1.165) is 30.7 Å². The molecule has 0 amide bonds. The molecule has 2 nitrogen and oxygen atoms in total. The quantitative estimate of drug-likeness (QED) is 0.629. The van der Waals surface area contributed by atoms with Crippen molar-refractivity contribution in [3.05, 3.63) is 17.5 Å². The summed E-state index contributed by atoms with van der Waals surface area (Å²) in [6.45, 7) is 4.37. The van der Waals surface area contributed by atoms with Gasteiger partial charge in [-0.05, 0) is 12.8 Å². The molecule has 2 heteroatoms. The Balaban J connectivity index is 2.31. The second-order valence-electron chi connectivity index (χ2n) is 3.49. The van der Waals surface area contributed by atoms with Gasteiger partial charge in [0.25, 0.3) is 0 Å². The summed E-state index contributed by atoms with van der Waals surface area (Å²) in [4.78, 5) is 0. The van der Waals surface area contributed by atoms with E-state index in [0.29, 0.717) is 0 Å². The van der Waals surface area contributed by atoms with Crippen molar-refractivity contribution >= 4 is 0 Å². The van der Waals surface area contributed by atoms with Crippen molar-refractivity contribution in [2.75, 3.05) is 0 Å². The highest BCUT2D eigenvalue weighted by molar-refractivity contribution is 5.05. The van der Waals surface area contributed by atoms with Crippen LogP contribution in [0.25, 0.3) is 0 Å². The molecule has 0 fully saturated rings. The Hall–Kier alpha value is -0.790. The van der Waals surface area contributed by atoms with Crippen LogP contribution in [0.2, 0.25) is 0 Å². The van der Waals surface area contributed by atoms with Crippen molar-refractivity contribution in [3.8, 4) is 0 Å². The van der Waals surface area contributed by atoms with Crippen molar-refractivity contribution in [3.63, 3.8) is 0 Å². The fraction of sp³-hybridized carbons (Fsp3) is 0.727. The molecule has 74 valence electrons. The van der Waals surface area contributed by atoms with Crippen LogP contribution in [0, 0.1) is 0 Å². The molecule has 0 saturated heterocycles. The zero-order valence-electron chi connectivity index (χ0n) is 8.68. The lowest BCUT2D eigenvalue weighted by molar-refractivity contribution is 0.373. The van der Waals surface area contributed by atoms with Gasteiger partial charge < -0.3 is 4.52 Å². The first-order valence-corrected chi connectivity index (χ1v) is 5.31. The molecule has 1 rings (SSSR count). The van der Waals surface area contributed by atoms with Gasteiger partial charge in [-0.25, -0.2) is 0 Å². The number of rotatable bonds is 6. The van der Waals surface area contributed by atoms with Gasteiger partial charge in [-0.1, -0.05) is 38.3 Å². The van der Waals surface area contributed by atoms with Gasteiger partial charge in [0.2, 0.25) is 0 Å². The minimum atomic E-state index is 1.04. The normalized spacial score (nSPS) is 10.6. The summed E-state index contributed by atoms with van der Waals surface area (Å²) in [5.41, 5.74) is 1.11. The monoisotopic (exact) mass is 181 g/mol. The summed E-state index contributed by atoms with van der Waals surface area (Å²) in [6.07, 6.45) is 6.99. The van der Waals surface area contributed by atoms with Crippen molar-refractivity contribution in [1.82, 2.24) is 5.16 Å². The third-order valence-corrected chi connectivity index (χ3v) is 2.14. The number of nitrogens with zero attached hydrogens (tertiary/aromatic N) is 1. The molecule has 0 atom stereocenters. The molecule has 0 radical (unpaired) electrons. The lowest BCUT2D eigenvalue weighted by Crippen LogP contribution is -1.82. The summed E-state index contributed by atoms with van der Waals surface area (Å²) in [5, 5.41) is 4.01. The Morgan fingerprint density at radius 2 is 2.00 bits per heavy atom. The largest absolute Gasteiger partial charge is 0.361 e. The van der Waals surface area contributed by atoms with E-state index < -0.39 is 0 Å². The van der Waals surface area contributed by atoms with E-state index in [4.69, 9.17) is 4.52 Å². The summed E-state index contributed by atoms with van der Waals surface area (Å²) in [5.74, 6) is 1.05. The molecule has 0 aliphatic rings. The molecule has 0 spiro atoms. The maximum atomic E-state index is 5.21. The first-order chi connectivity index (χ1) is 6.36. The van der Waals surface area contributed by atoms with Crippen LogP contribution in [-0.4, -0.2) is 5.16 Å².